The zero-order chi connectivity index (χ0) is 16.2. The van der Waals surface area contributed by atoms with Gasteiger partial charge in [0.2, 0.25) is 5.91 Å². The standard InChI is InChI=1S/C16H18N2O3S/c1-12-4-3-5-15(10-12)22(20,21)18-14-8-6-13(7-9-14)11-16(19)17-2/h3-10,18H,11H2,1-2H3,(H,17,19). The number of likely N-dealkylation sites (N-methyl/N-ethyl adjacent to an activating group) is 1. The van der Waals surface area contributed by atoms with Gasteiger partial charge >= 0.3 is 0 Å². The number of hydrogen-bond acceptors (Lipinski definition) is 3. The van der Waals surface area contributed by atoms with Gasteiger partial charge in [0.25, 0.3) is 10.0 Å². The smallest absolute Gasteiger partial charge is 0.261 e. The number of amides is 1. The highest BCUT2D eigenvalue weighted by molar-refractivity contribution is 7.92. The monoisotopic (exact) mass is 318 g/mol. The molecule has 0 atom stereocenters. The molecule has 22 heavy (non-hydrogen) atoms. The van der Waals surface area contributed by atoms with E-state index in [1.807, 2.05) is 13.0 Å². The third-order valence-electron chi connectivity index (χ3n) is 3.15. The number of nitrogens with one attached hydrogen (secondary N) is 2. The molecule has 0 unspecified atom stereocenters. The van der Waals surface area contributed by atoms with Crippen LogP contribution >= 0.6 is 0 Å². The SMILES string of the molecule is CNC(=O)Cc1ccc(NS(=O)(=O)c2cccc(C)c2)cc1. The van der Waals surface area contributed by atoms with Gasteiger partial charge in [-0.25, -0.2) is 8.42 Å². The molecule has 1 amide bonds. The first kappa shape index (κ1) is 16.0. The Morgan fingerprint density at radius 3 is 2.36 bits per heavy atom. The van der Waals surface area contributed by atoms with E-state index in [1.165, 1.54) is 0 Å². The fourth-order valence-electron chi connectivity index (χ4n) is 1.96. The second kappa shape index (κ2) is 6.62. The molecule has 2 rings (SSSR count). The van der Waals surface area contributed by atoms with E-state index in [4.69, 9.17) is 0 Å². The average Bonchev–Trinajstić information content (AvgIpc) is 2.49. The van der Waals surface area contributed by atoms with Crippen LogP contribution in [0.3, 0.4) is 0 Å². The van der Waals surface area contributed by atoms with Crippen molar-refractivity contribution < 1.29 is 13.2 Å². The predicted octanol–water partition coefficient (Wildman–Crippen LogP) is 2.08. The van der Waals surface area contributed by atoms with Crippen molar-refractivity contribution in [2.75, 3.05) is 11.8 Å². The van der Waals surface area contributed by atoms with Crippen molar-refractivity contribution in [1.29, 1.82) is 0 Å². The minimum absolute atomic E-state index is 0.0897. The summed E-state index contributed by atoms with van der Waals surface area (Å²) in [6.45, 7) is 1.84. The Morgan fingerprint density at radius 1 is 1.09 bits per heavy atom. The first-order valence-corrected chi connectivity index (χ1v) is 8.28. The van der Waals surface area contributed by atoms with Crippen LogP contribution in [0.2, 0.25) is 0 Å². The molecule has 0 fully saturated rings. The topological polar surface area (TPSA) is 75.3 Å². The van der Waals surface area contributed by atoms with Gasteiger partial charge < -0.3 is 5.32 Å². The lowest BCUT2D eigenvalue weighted by Crippen LogP contribution is -2.19. The molecule has 6 heteroatoms. The van der Waals surface area contributed by atoms with E-state index >= 15 is 0 Å². The molecule has 0 heterocycles. The van der Waals surface area contributed by atoms with Gasteiger partial charge in [-0.05, 0) is 42.3 Å². The van der Waals surface area contributed by atoms with Gasteiger partial charge in [0.05, 0.1) is 11.3 Å². The highest BCUT2D eigenvalue weighted by atomic mass is 32.2. The fourth-order valence-corrected chi connectivity index (χ4v) is 3.12. The number of carbonyl (C=O) groups excluding carboxylic acids is 1. The van der Waals surface area contributed by atoms with Crippen LogP contribution in [0.25, 0.3) is 0 Å². The van der Waals surface area contributed by atoms with Gasteiger partial charge in [-0.3, -0.25) is 9.52 Å². The maximum Gasteiger partial charge on any atom is 0.261 e. The van der Waals surface area contributed by atoms with Gasteiger partial charge in [0.1, 0.15) is 0 Å². The Bertz CT molecular complexity index is 768. The van der Waals surface area contributed by atoms with Crippen LogP contribution in [-0.4, -0.2) is 21.4 Å². The summed E-state index contributed by atoms with van der Waals surface area (Å²) in [7, 11) is -2.03. The van der Waals surface area contributed by atoms with Crippen LogP contribution in [0.15, 0.2) is 53.4 Å². The summed E-state index contributed by atoms with van der Waals surface area (Å²) < 4.78 is 27.1. The molecule has 0 saturated carbocycles. The molecule has 5 nitrogen and oxygen atoms in total. The summed E-state index contributed by atoms with van der Waals surface area (Å²) in [6.07, 6.45) is 0.265. The van der Waals surface area contributed by atoms with Crippen LogP contribution in [0, 0.1) is 6.92 Å². The van der Waals surface area contributed by atoms with Gasteiger partial charge in [-0.2, -0.15) is 0 Å². The zero-order valence-corrected chi connectivity index (χ0v) is 13.3. The third-order valence-corrected chi connectivity index (χ3v) is 4.53. The zero-order valence-electron chi connectivity index (χ0n) is 12.5. The quantitative estimate of drug-likeness (QED) is 0.886. The molecule has 0 aliphatic rings. The first-order chi connectivity index (χ1) is 10.4. The molecule has 0 radical (unpaired) electrons. The van der Waals surface area contributed by atoms with Crippen LogP contribution in [-0.2, 0) is 21.2 Å². The Balaban J connectivity index is 2.15. The molecule has 2 N–H and O–H groups in total. The number of sulfonamides is 1. The van der Waals surface area contributed by atoms with Crippen molar-refractivity contribution >= 4 is 21.6 Å². The minimum atomic E-state index is -3.61. The van der Waals surface area contributed by atoms with Crippen LogP contribution in [0.1, 0.15) is 11.1 Å². The maximum absolute atomic E-state index is 12.3. The van der Waals surface area contributed by atoms with Crippen molar-refractivity contribution in [3.8, 4) is 0 Å². The van der Waals surface area contributed by atoms with Crippen molar-refractivity contribution in [3.63, 3.8) is 0 Å². The fraction of sp³-hybridized carbons (Fsp3) is 0.188. The molecule has 2 aromatic carbocycles. The highest BCUT2D eigenvalue weighted by Gasteiger charge is 2.14. The van der Waals surface area contributed by atoms with Crippen LogP contribution < -0.4 is 10.0 Å². The summed E-state index contributed by atoms with van der Waals surface area (Å²) in [5.41, 5.74) is 2.16. The normalized spacial score (nSPS) is 11.0. The minimum Gasteiger partial charge on any atom is -0.359 e. The summed E-state index contributed by atoms with van der Waals surface area (Å²) in [5, 5.41) is 2.54. The number of aryl methyl sites for hydroxylation is 1. The van der Waals surface area contributed by atoms with E-state index in [-0.39, 0.29) is 17.2 Å². The third kappa shape index (κ3) is 4.08. The molecule has 0 saturated heterocycles. The Labute approximate surface area is 130 Å². The van der Waals surface area contributed by atoms with Crippen molar-refractivity contribution in [2.45, 2.75) is 18.2 Å². The van der Waals surface area contributed by atoms with E-state index in [0.717, 1.165) is 11.1 Å². The lowest BCUT2D eigenvalue weighted by atomic mass is 10.1. The van der Waals surface area contributed by atoms with E-state index in [0.29, 0.717) is 5.69 Å². The predicted molar refractivity (Wildman–Crippen MR) is 86.2 cm³/mol. The maximum atomic E-state index is 12.3. The van der Waals surface area contributed by atoms with Crippen molar-refractivity contribution in [1.82, 2.24) is 5.32 Å². The Kier molecular flexibility index (Phi) is 4.82. The van der Waals surface area contributed by atoms with E-state index < -0.39 is 10.0 Å². The Morgan fingerprint density at radius 2 is 1.77 bits per heavy atom. The van der Waals surface area contributed by atoms with E-state index in [1.54, 1.807) is 49.5 Å². The van der Waals surface area contributed by atoms with Crippen molar-refractivity contribution in [3.05, 3.63) is 59.7 Å². The molecule has 116 valence electrons. The molecular weight excluding hydrogens is 300 g/mol. The second-order valence-corrected chi connectivity index (χ2v) is 6.65. The van der Waals surface area contributed by atoms with Gasteiger partial charge in [0, 0.05) is 12.7 Å². The Hall–Kier alpha value is -2.34. The molecular formula is C16H18N2O3S. The number of hydrogen-bond donors (Lipinski definition) is 2. The molecule has 0 aliphatic heterocycles. The molecule has 0 aliphatic carbocycles. The van der Waals surface area contributed by atoms with E-state index in [2.05, 4.69) is 10.0 Å². The summed E-state index contributed by atoms with van der Waals surface area (Å²) in [5.74, 6) is -0.0897. The van der Waals surface area contributed by atoms with Crippen LogP contribution in [0.4, 0.5) is 5.69 Å². The molecule has 0 spiro atoms. The summed E-state index contributed by atoms with van der Waals surface area (Å²) in [6, 6.07) is 13.4. The largest absolute Gasteiger partial charge is 0.359 e. The molecule has 2 aromatic rings. The lowest BCUT2D eigenvalue weighted by molar-refractivity contribution is -0.119. The van der Waals surface area contributed by atoms with Gasteiger partial charge in [-0.15, -0.1) is 0 Å². The van der Waals surface area contributed by atoms with Crippen molar-refractivity contribution in [2.24, 2.45) is 0 Å². The summed E-state index contributed by atoms with van der Waals surface area (Å²) >= 11 is 0. The van der Waals surface area contributed by atoms with Gasteiger partial charge in [-0.1, -0.05) is 24.3 Å². The van der Waals surface area contributed by atoms with E-state index in [9.17, 15) is 13.2 Å². The average molecular weight is 318 g/mol. The van der Waals surface area contributed by atoms with Crippen LogP contribution in [0.5, 0.6) is 0 Å². The lowest BCUT2D eigenvalue weighted by Gasteiger charge is -2.09. The first-order valence-electron chi connectivity index (χ1n) is 6.80. The van der Waals surface area contributed by atoms with Gasteiger partial charge in [0.15, 0.2) is 0 Å². The summed E-state index contributed by atoms with van der Waals surface area (Å²) in [4.78, 5) is 11.5. The highest BCUT2D eigenvalue weighted by Crippen LogP contribution is 2.17. The number of carbonyl (C=O) groups is 1. The number of benzene rings is 2. The number of anilines is 1. The second-order valence-electron chi connectivity index (χ2n) is 4.97. The molecule has 0 aromatic heterocycles. The number of rotatable bonds is 5. The molecule has 0 bridgehead atoms.